The van der Waals surface area contributed by atoms with Crippen LogP contribution >= 0.6 is 11.8 Å². The van der Waals surface area contributed by atoms with E-state index in [0.717, 1.165) is 22.6 Å². The highest BCUT2D eigenvalue weighted by molar-refractivity contribution is 7.99. The average Bonchev–Trinajstić information content (AvgIpc) is 2.71. The number of rotatable bonds is 3. The van der Waals surface area contributed by atoms with Gasteiger partial charge in [-0.15, -0.1) is 0 Å². The largest absolute Gasteiger partial charge is 0.324 e. The molecule has 0 saturated carbocycles. The molecule has 0 fully saturated rings. The molecule has 0 bridgehead atoms. The molecule has 2 aromatic rings. The second-order valence-corrected chi connectivity index (χ2v) is 7.42. The molecule has 1 aromatic heterocycles. The molecule has 0 aliphatic carbocycles. The van der Waals surface area contributed by atoms with E-state index in [-0.39, 0.29) is 30.0 Å². The fraction of sp³-hybridized carbons (Fsp3) is 0.368. The summed E-state index contributed by atoms with van der Waals surface area (Å²) < 4.78 is 0. The Bertz CT molecular complexity index is 845. The first-order chi connectivity index (χ1) is 12.4. The van der Waals surface area contributed by atoms with Crippen molar-refractivity contribution < 1.29 is 9.59 Å². The molecule has 1 aromatic carbocycles. The number of carbonyl (C=O) groups excluding carboxylic acids is 2. The number of aromatic nitrogens is 2. The fourth-order valence-corrected chi connectivity index (χ4v) is 3.76. The molecule has 7 heteroatoms. The molecule has 0 saturated heterocycles. The van der Waals surface area contributed by atoms with Crippen LogP contribution in [0.4, 0.5) is 11.4 Å². The summed E-state index contributed by atoms with van der Waals surface area (Å²) in [7, 11) is 0. The Morgan fingerprint density at radius 3 is 2.58 bits per heavy atom. The summed E-state index contributed by atoms with van der Waals surface area (Å²) in [6.07, 6.45) is 0.268. The molecule has 26 heavy (non-hydrogen) atoms. The minimum Gasteiger partial charge on any atom is -0.324 e. The van der Waals surface area contributed by atoms with Gasteiger partial charge >= 0.3 is 0 Å². The average molecular weight is 370 g/mol. The third-order valence-corrected chi connectivity index (χ3v) is 5.40. The molecule has 0 radical (unpaired) electrons. The highest BCUT2D eigenvalue weighted by Crippen LogP contribution is 2.32. The molecule has 1 atom stereocenters. The molecular formula is C19H22N4O2S. The SMILES string of the molecule is Cc1nc(SCC(=O)N2c3ccccc3NC(=O)CC2C)nc(C)c1C. The smallest absolute Gasteiger partial charge is 0.237 e. The number of hydrogen-bond acceptors (Lipinski definition) is 5. The number of benzene rings is 1. The van der Waals surface area contributed by atoms with Gasteiger partial charge in [0.2, 0.25) is 11.8 Å². The van der Waals surface area contributed by atoms with Crippen LogP contribution in [0.3, 0.4) is 0 Å². The summed E-state index contributed by atoms with van der Waals surface area (Å²) in [5.41, 5.74) is 4.32. The third kappa shape index (κ3) is 3.72. The van der Waals surface area contributed by atoms with Crippen LogP contribution < -0.4 is 10.2 Å². The Kier molecular flexibility index (Phi) is 5.27. The molecule has 6 nitrogen and oxygen atoms in total. The Balaban J connectivity index is 1.82. The van der Waals surface area contributed by atoms with Crippen LogP contribution in [0, 0.1) is 20.8 Å². The Morgan fingerprint density at radius 2 is 1.88 bits per heavy atom. The van der Waals surface area contributed by atoms with Crippen molar-refractivity contribution in [3.63, 3.8) is 0 Å². The lowest BCUT2D eigenvalue weighted by Gasteiger charge is -2.27. The van der Waals surface area contributed by atoms with Crippen LogP contribution in [0.5, 0.6) is 0 Å². The minimum absolute atomic E-state index is 0.0640. The molecule has 2 heterocycles. The lowest BCUT2D eigenvalue weighted by atomic mass is 10.2. The quantitative estimate of drug-likeness (QED) is 0.663. The van der Waals surface area contributed by atoms with Gasteiger partial charge in [-0.1, -0.05) is 23.9 Å². The first kappa shape index (κ1) is 18.4. The summed E-state index contributed by atoms with van der Waals surface area (Å²) in [4.78, 5) is 35.6. The van der Waals surface area contributed by atoms with Gasteiger partial charge in [0.25, 0.3) is 0 Å². The molecular weight excluding hydrogens is 348 g/mol. The number of para-hydroxylation sites is 2. The van der Waals surface area contributed by atoms with Gasteiger partial charge in [0.1, 0.15) is 0 Å². The third-order valence-electron chi connectivity index (χ3n) is 4.56. The van der Waals surface area contributed by atoms with Crippen molar-refractivity contribution in [1.82, 2.24) is 9.97 Å². The number of nitrogens with zero attached hydrogens (tertiary/aromatic N) is 3. The number of aryl methyl sites for hydroxylation is 2. The number of nitrogens with one attached hydrogen (secondary N) is 1. The highest BCUT2D eigenvalue weighted by Gasteiger charge is 2.29. The van der Waals surface area contributed by atoms with Crippen LogP contribution in [0.2, 0.25) is 0 Å². The monoisotopic (exact) mass is 370 g/mol. The topological polar surface area (TPSA) is 75.2 Å². The van der Waals surface area contributed by atoms with E-state index in [1.807, 2.05) is 52.0 Å². The Morgan fingerprint density at radius 1 is 1.23 bits per heavy atom. The van der Waals surface area contributed by atoms with E-state index in [1.165, 1.54) is 11.8 Å². The van der Waals surface area contributed by atoms with Gasteiger partial charge in [0.15, 0.2) is 5.16 Å². The second kappa shape index (κ2) is 7.45. The number of hydrogen-bond donors (Lipinski definition) is 1. The van der Waals surface area contributed by atoms with Crippen LogP contribution in [0.25, 0.3) is 0 Å². The fourth-order valence-electron chi connectivity index (χ4n) is 2.97. The van der Waals surface area contributed by atoms with Crippen LogP contribution in [0.1, 0.15) is 30.3 Å². The number of thioether (sulfide) groups is 1. The second-order valence-electron chi connectivity index (χ2n) is 6.47. The lowest BCUT2D eigenvalue weighted by Crippen LogP contribution is -2.40. The molecule has 1 N–H and O–H groups in total. The van der Waals surface area contributed by atoms with E-state index in [1.54, 1.807) is 4.90 Å². The first-order valence-electron chi connectivity index (χ1n) is 8.52. The zero-order chi connectivity index (χ0) is 18.8. The summed E-state index contributed by atoms with van der Waals surface area (Å²) in [5.74, 6) is 0.0707. The van der Waals surface area contributed by atoms with Crippen molar-refractivity contribution in [2.75, 3.05) is 16.0 Å². The Hall–Kier alpha value is -2.41. The highest BCUT2D eigenvalue weighted by atomic mass is 32.2. The predicted molar refractivity (Wildman–Crippen MR) is 104 cm³/mol. The molecule has 2 amide bonds. The predicted octanol–water partition coefficient (Wildman–Crippen LogP) is 3.26. The van der Waals surface area contributed by atoms with Gasteiger partial charge in [0, 0.05) is 23.9 Å². The van der Waals surface area contributed by atoms with Gasteiger partial charge in [-0.2, -0.15) is 0 Å². The van der Waals surface area contributed by atoms with E-state index in [9.17, 15) is 9.59 Å². The van der Waals surface area contributed by atoms with Crippen molar-refractivity contribution in [2.24, 2.45) is 0 Å². The normalized spacial score (nSPS) is 16.7. The maximum absolute atomic E-state index is 13.0. The lowest BCUT2D eigenvalue weighted by molar-refractivity contribution is -0.117. The number of anilines is 2. The number of carbonyl (C=O) groups is 2. The van der Waals surface area contributed by atoms with Gasteiger partial charge in [0.05, 0.1) is 17.1 Å². The van der Waals surface area contributed by atoms with Crippen molar-refractivity contribution in [1.29, 1.82) is 0 Å². The van der Waals surface area contributed by atoms with Gasteiger partial charge in [-0.3, -0.25) is 9.59 Å². The Labute approximate surface area is 157 Å². The maximum Gasteiger partial charge on any atom is 0.237 e. The van der Waals surface area contributed by atoms with Crippen LogP contribution in [-0.2, 0) is 9.59 Å². The van der Waals surface area contributed by atoms with Crippen molar-refractivity contribution in [2.45, 2.75) is 45.3 Å². The summed E-state index contributed by atoms with van der Waals surface area (Å²) in [5, 5.41) is 3.47. The van der Waals surface area contributed by atoms with E-state index < -0.39 is 0 Å². The zero-order valence-electron chi connectivity index (χ0n) is 15.4. The molecule has 1 aliphatic rings. The molecule has 1 aliphatic heterocycles. The van der Waals surface area contributed by atoms with Gasteiger partial charge in [-0.05, 0) is 45.4 Å². The summed E-state index contributed by atoms with van der Waals surface area (Å²) in [6, 6.07) is 7.17. The molecule has 0 spiro atoms. The first-order valence-corrected chi connectivity index (χ1v) is 9.51. The van der Waals surface area contributed by atoms with E-state index in [4.69, 9.17) is 0 Å². The zero-order valence-corrected chi connectivity index (χ0v) is 16.2. The van der Waals surface area contributed by atoms with E-state index in [2.05, 4.69) is 15.3 Å². The summed E-state index contributed by atoms with van der Waals surface area (Å²) >= 11 is 1.32. The van der Waals surface area contributed by atoms with Gasteiger partial charge < -0.3 is 10.2 Å². The van der Waals surface area contributed by atoms with E-state index in [0.29, 0.717) is 10.8 Å². The minimum atomic E-state index is -0.214. The van der Waals surface area contributed by atoms with Crippen molar-refractivity contribution in [3.8, 4) is 0 Å². The van der Waals surface area contributed by atoms with Crippen molar-refractivity contribution in [3.05, 3.63) is 41.2 Å². The molecule has 3 rings (SSSR count). The van der Waals surface area contributed by atoms with Crippen LogP contribution in [-0.4, -0.2) is 33.6 Å². The molecule has 1 unspecified atom stereocenters. The standard InChI is InChI=1S/C19H22N4O2S/c1-11-9-17(24)22-15-7-5-6-8-16(15)23(11)18(25)10-26-19-20-13(3)12(2)14(4)21-19/h5-8,11H,9-10H2,1-4H3,(H,22,24). The van der Waals surface area contributed by atoms with E-state index >= 15 is 0 Å². The number of amides is 2. The van der Waals surface area contributed by atoms with Crippen LogP contribution in [0.15, 0.2) is 29.4 Å². The van der Waals surface area contributed by atoms with Crippen molar-refractivity contribution >= 4 is 35.0 Å². The number of fused-ring (bicyclic) bond motifs is 1. The maximum atomic E-state index is 13.0. The van der Waals surface area contributed by atoms with Gasteiger partial charge in [-0.25, -0.2) is 9.97 Å². The summed E-state index contributed by atoms with van der Waals surface area (Å²) in [6.45, 7) is 7.77. The molecule has 136 valence electrons.